The number of hydrogen-bond acceptors (Lipinski definition) is 0. The van der Waals surface area contributed by atoms with E-state index in [1.54, 1.807) is 0 Å². The van der Waals surface area contributed by atoms with Crippen molar-refractivity contribution in [3.05, 3.63) is 17.9 Å². The molecule has 0 fully saturated rings. The summed E-state index contributed by atoms with van der Waals surface area (Å²) in [7, 11) is 0. The van der Waals surface area contributed by atoms with E-state index >= 15 is 0 Å². The van der Waals surface area contributed by atoms with Gasteiger partial charge in [-0.1, -0.05) is 40.0 Å². The van der Waals surface area contributed by atoms with Gasteiger partial charge in [-0.3, -0.25) is 0 Å². The SMILES string of the molecule is CCC=C=CC(C)CCCCC. The van der Waals surface area contributed by atoms with Gasteiger partial charge in [0.25, 0.3) is 0 Å². The van der Waals surface area contributed by atoms with Gasteiger partial charge in [0.15, 0.2) is 0 Å². The first-order valence-corrected chi connectivity index (χ1v) is 5.22. The molecule has 1 unspecified atom stereocenters. The van der Waals surface area contributed by atoms with Gasteiger partial charge in [-0.15, -0.1) is 5.73 Å². The maximum atomic E-state index is 3.21. The molecule has 0 heterocycles. The maximum Gasteiger partial charge on any atom is -0.0186 e. The van der Waals surface area contributed by atoms with Crippen LogP contribution >= 0.6 is 0 Å². The van der Waals surface area contributed by atoms with E-state index in [1.165, 1.54) is 25.7 Å². The third kappa shape index (κ3) is 7.63. The third-order valence-electron chi connectivity index (χ3n) is 1.97. The lowest BCUT2D eigenvalue weighted by atomic mass is 10.0. The summed E-state index contributed by atoms with van der Waals surface area (Å²) in [5.41, 5.74) is 3.21. The van der Waals surface area contributed by atoms with Gasteiger partial charge in [-0.25, -0.2) is 0 Å². The zero-order valence-electron chi connectivity index (χ0n) is 8.77. The van der Waals surface area contributed by atoms with Gasteiger partial charge in [-0.2, -0.15) is 0 Å². The Labute approximate surface area is 77.4 Å². The highest BCUT2D eigenvalue weighted by molar-refractivity contribution is 4.87. The van der Waals surface area contributed by atoms with Crippen molar-refractivity contribution in [3.8, 4) is 0 Å². The van der Waals surface area contributed by atoms with E-state index in [2.05, 4.69) is 38.7 Å². The summed E-state index contributed by atoms with van der Waals surface area (Å²) in [5, 5.41) is 0. The fourth-order valence-electron chi connectivity index (χ4n) is 1.15. The fraction of sp³-hybridized carbons (Fsp3) is 0.750. The summed E-state index contributed by atoms with van der Waals surface area (Å²) in [4.78, 5) is 0. The van der Waals surface area contributed by atoms with Crippen LogP contribution < -0.4 is 0 Å². The molecule has 0 heteroatoms. The number of hydrogen-bond donors (Lipinski definition) is 0. The van der Waals surface area contributed by atoms with Gasteiger partial charge in [0.05, 0.1) is 0 Å². The van der Waals surface area contributed by atoms with Crippen molar-refractivity contribution < 1.29 is 0 Å². The Bertz CT molecular complexity index is 138. The molecule has 0 saturated carbocycles. The molecular formula is C12H22. The lowest BCUT2D eigenvalue weighted by Crippen LogP contribution is -1.88. The molecule has 1 atom stereocenters. The van der Waals surface area contributed by atoms with Crippen LogP contribution in [0, 0.1) is 5.92 Å². The molecule has 0 aromatic carbocycles. The Morgan fingerprint density at radius 3 is 2.58 bits per heavy atom. The zero-order valence-corrected chi connectivity index (χ0v) is 8.77. The molecule has 0 N–H and O–H groups in total. The van der Waals surface area contributed by atoms with Crippen molar-refractivity contribution in [1.29, 1.82) is 0 Å². The Morgan fingerprint density at radius 1 is 1.25 bits per heavy atom. The smallest absolute Gasteiger partial charge is 0.0186 e. The van der Waals surface area contributed by atoms with E-state index in [0.717, 1.165) is 6.42 Å². The summed E-state index contributed by atoms with van der Waals surface area (Å²) in [6.07, 6.45) is 10.8. The molecule has 0 rings (SSSR count). The highest BCUT2D eigenvalue weighted by atomic mass is 14.0. The normalized spacial score (nSPS) is 11.9. The molecule has 0 aliphatic rings. The van der Waals surface area contributed by atoms with Crippen LogP contribution in [0.25, 0.3) is 0 Å². The summed E-state index contributed by atoms with van der Waals surface area (Å²) >= 11 is 0. The van der Waals surface area contributed by atoms with Crippen LogP contribution in [-0.2, 0) is 0 Å². The second-order valence-corrected chi connectivity index (χ2v) is 3.42. The first-order valence-electron chi connectivity index (χ1n) is 5.22. The largest absolute Gasteiger partial charge is 0.129 e. The van der Waals surface area contributed by atoms with Gasteiger partial charge in [0.1, 0.15) is 0 Å². The molecule has 0 saturated heterocycles. The molecule has 70 valence electrons. The minimum Gasteiger partial charge on any atom is -0.129 e. The van der Waals surface area contributed by atoms with Gasteiger partial charge >= 0.3 is 0 Å². The van der Waals surface area contributed by atoms with Crippen molar-refractivity contribution in [2.45, 2.75) is 52.9 Å². The number of unbranched alkanes of at least 4 members (excludes halogenated alkanes) is 2. The number of allylic oxidation sites excluding steroid dienone is 1. The van der Waals surface area contributed by atoms with Crippen LogP contribution in [0.15, 0.2) is 17.9 Å². The Kier molecular flexibility index (Phi) is 8.27. The molecule has 0 aromatic heterocycles. The molecule has 0 aliphatic carbocycles. The predicted molar refractivity (Wildman–Crippen MR) is 56.3 cm³/mol. The van der Waals surface area contributed by atoms with E-state index in [4.69, 9.17) is 0 Å². The molecule has 0 aliphatic heterocycles. The molecule has 0 aromatic rings. The average Bonchev–Trinajstić information content (AvgIpc) is 2.06. The molecule has 0 radical (unpaired) electrons. The van der Waals surface area contributed by atoms with Crippen molar-refractivity contribution in [3.63, 3.8) is 0 Å². The summed E-state index contributed by atoms with van der Waals surface area (Å²) in [5.74, 6) is 0.708. The molecular weight excluding hydrogens is 144 g/mol. The molecule has 0 bridgehead atoms. The highest BCUT2D eigenvalue weighted by Crippen LogP contribution is 2.09. The molecule has 0 spiro atoms. The van der Waals surface area contributed by atoms with Gasteiger partial charge in [0, 0.05) is 0 Å². The quantitative estimate of drug-likeness (QED) is 0.407. The van der Waals surface area contributed by atoms with E-state index in [-0.39, 0.29) is 0 Å². The Hall–Kier alpha value is -0.480. The average molecular weight is 166 g/mol. The Morgan fingerprint density at radius 2 is 2.00 bits per heavy atom. The minimum absolute atomic E-state index is 0.708. The van der Waals surface area contributed by atoms with Crippen LogP contribution in [-0.4, -0.2) is 0 Å². The maximum absolute atomic E-state index is 3.21. The van der Waals surface area contributed by atoms with E-state index in [0.29, 0.717) is 5.92 Å². The van der Waals surface area contributed by atoms with Crippen LogP contribution in [0.4, 0.5) is 0 Å². The monoisotopic (exact) mass is 166 g/mol. The summed E-state index contributed by atoms with van der Waals surface area (Å²) in [6.45, 7) is 6.66. The van der Waals surface area contributed by atoms with Crippen molar-refractivity contribution in [2.75, 3.05) is 0 Å². The van der Waals surface area contributed by atoms with Crippen molar-refractivity contribution >= 4 is 0 Å². The van der Waals surface area contributed by atoms with Crippen LogP contribution in [0.2, 0.25) is 0 Å². The lowest BCUT2D eigenvalue weighted by molar-refractivity contribution is 0.576. The van der Waals surface area contributed by atoms with Crippen LogP contribution in [0.3, 0.4) is 0 Å². The van der Waals surface area contributed by atoms with Crippen molar-refractivity contribution in [1.82, 2.24) is 0 Å². The van der Waals surface area contributed by atoms with Crippen LogP contribution in [0.5, 0.6) is 0 Å². The number of rotatable bonds is 6. The van der Waals surface area contributed by atoms with E-state index in [1.807, 2.05) is 0 Å². The molecule has 0 amide bonds. The second kappa shape index (κ2) is 8.62. The van der Waals surface area contributed by atoms with Gasteiger partial charge in [-0.05, 0) is 30.9 Å². The summed E-state index contributed by atoms with van der Waals surface area (Å²) in [6, 6.07) is 0. The first kappa shape index (κ1) is 11.5. The topological polar surface area (TPSA) is 0 Å². The lowest BCUT2D eigenvalue weighted by Gasteiger charge is -2.02. The van der Waals surface area contributed by atoms with Crippen LogP contribution in [0.1, 0.15) is 52.9 Å². The highest BCUT2D eigenvalue weighted by Gasteiger charge is 1.94. The van der Waals surface area contributed by atoms with Gasteiger partial charge < -0.3 is 0 Å². The fourth-order valence-corrected chi connectivity index (χ4v) is 1.15. The minimum atomic E-state index is 0.708. The summed E-state index contributed by atoms with van der Waals surface area (Å²) < 4.78 is 0. The van der Waals surface area contributed by atoms with E-state index < -0.39 is 0 Å². The zero-order chi connectivity index (χ0) is 9.23. The predicted octanol–water partition coefficient (Wildman–Crippen LogP) is 4.32. The molecule has 0 nitrogen and oxygen atoms in total. The Balaban J connectivity index is 3.45. The van der Waals surface area contributed by atoms with Gasteiger partial charge in [0.2, 0.25) is 0 Å². The van der Waals surface area contributed by atoms with Crippen molar-refractivity contribution in [2.24, 2.45) is 5.92 Å². The third-order valence-corrected chi connectivity index (χ3v) is 1.97. The molecule has 12 heavy (non-hydrogen) atoms. The first-order chi connectivity index (χ1) is 5.81. The standard InChI is InChI=1S/C12H22/c1-4-6-8-10-12(3)11-9-7-5-2/h6,10,12H,4-5,7,9,11H2,1-3H3. The van der Waals surface area contributed by atoms with E-state index in [9.17, 15) is 0 Å². The second-order valence-electron chi connectivity index (χ2n) is 3.42.